The fourth-order valence-electron chi connectivity index (χ4n) is 1.68. The number of aliphatic hydroxyl groups is 1. The highest BCUT2D eigenvalue weighted by atomic mass is 79.9. The van der Waals surface area contributed by atoms with E-state index in [1.54, 1.807) is 13.8 Å². The molecule has 2 rings (SSSR count). The van der Waals surface area contributed by atoms with Crippen molar-refractivity contribution in [1.29, 1.82) is 0 Å². The summed E-state index contributed by atoms with van der Waals surface area (Å²) in [6, 6.07) is 0. The molecule has 0 saturated heterocycles. The average molecular weight is 245 g/mol. The number of imidazole rings is 1. The summed E-state index contributed by atoms with van der Waals surface area (Å²) in [6.45, 7) is 4.53. The van der Waals surface area contributed by atoms with E-state index < -0.39 is 5.60 Å². The van der Waals surface area contributed by atoms with Crippen LogP contribution < -0.4 is 0 Å². The van der Waals surface area contributed by atoms with Gasteiger partial charge in [-0.1, -0.05) is 0 Å². The zero-order valence-corrected chi connectivity index (χ0v) is 9.43. The monoisotopic (exact) mass is 244 g/mol. The summed E-state index contributed by atoms with van der Waals surface area (Å²) >= 11 is 3.48. The first-order valence-electron chi connectivity index (χ1n) is 4.48. The van der Waals surface area contributed by atoms with E-state index >= 15 is 0 Å². The number of hydrogen-bond donors (Lipinski definition) is 1. The highest BCUT2D eigenvalue weighted by Gasteiger charge is 2.28. The van der Waals surface area contributed by atoms with Crippen molar-refractivity contribution in [2.24, 2.45) is 0 Å². The van der Waals surface area contributed by atoms with Crippen LogP contribution in [-0.2, 0) is 18.6 Å². The van der Waals surface area contributed by atoms with E-state index in [0.717, 1.165) is 35.5 Å². The summed E-state index contributed by atoms with van der Waals surface area (Å²) in [4.78, 5) is 4.43. The van der Waals surface area contributed by atoms with Crippen molar-refractivity contribution in [2.45, 2.75) is 38.8 Å². The smallest absolute Gasteiger partial charge is 0.111 e. The molecule has 2 heterocycles. The maximum absolute atomic E-state index is 9.82. The average Bonchev–Trinajstić information content (AvgIpc) is 2.51. The molecule has 1 aliphatic heterocycles. The normalized spacial score (nSPS) is 16.3. The molecule has 72 valence electrons. The van der Waals surface area contributed by atoms with Crippen LogP contribution in [0.3, 0.4) is 0 Å². The molecule has 4 heteroatoms. The largest absolute Gasteiger partial charge is 0.384 e. The number of aryl methyl sites for hydroxylation is 1. The Hall–Kier alpha value is -0.350. The van der Waals surface area contributed by atoms with Crippen molar-refractivity contribution < 1.29 is 5.11 Å². The van der Waals surface area contributed by atoms with Gasteiger partial charge in [-0.2, -0.15) is 0 Å². The minimum atomic E-state index is -0.851. The first-order valence-corrected chi connectivity index (χ1v) is 5.27. The Labute approximate surface area is 85.9 Å². The van der Waals surface area contributed by atoms with Crippen LogP contribution in [0.5, 0.6) is 0 Å². The van der Waals surface area contributed by atoms with Gasteiger partial charge in [0.15, 0.2) is 0 Å². The van der Waals surface area contributed by atoms with Crippen LogP contribution in [0.15, 0.2) is 4.60 Å². The van der Waals surface area contributed by atoms with Crippen LogP contribution >= 0.6 is 15.9 Å². The molecule has 0 amide bonds. The van der Waals surface area contributed by atoms with Gasteiger partial charge in [-0.05, 0) is 36.2 Å². The molecule has 0 fully saturated rings. The van der Waals surface area contributed by atoms with Crippen LogP contribution in [0.2, 0.25) is 0 Å². The Morgan fingerprint density at radius 3 is 2.77 bits per heavy atom. The van der Waals surface area contributed by atoms with Crippen LogP contribution in [0.1, 0.15) is 31.8 Å². The van der Waals surface area contributed by atoms with Crippen LogP contribution in [-0.4, -0.2) is 14.7 Å². The molecular weight excluding hydrogens is 232 g/mol. The van der Waals surface area contributed by atoms with Crippen molar-refractivity contribution in [3.05, 3.63) is 16.1 Å². The number of nitrogens with zero attached hydrogens (tertiary/aromatic N) is 2. The quantitative estimate of drug-likeness (QED) is 0.819. The summed E-state index contributed by atoms with van der Waals surface area (Å²) in [6.07, 6.45) is 2.18. The van der Waals surface area contributed by atoms with Gasteiger partial charge < -0.3 is 9.67 Å². The van der Waals surface area contributed by atoms with Gasteiger partial charge in [0.1, 0.15) is 21.7 Å². The van der Waals surface area contributed by atoms with Gasteiger partial charge in [-0.15, -0.1) is 0 Å². The molecule has 13 heavy (non-hydrogen) atoms. The molecule has 0 spiro atoms. The zero-order chi connectivity index (χ0) is 9.64. The summed E-state index contributed by atoms with van der Waals surface area (Å²) < 4.78 is 3.07. The van der Waals surface area contributed by atoms with Gasteiger partial charge in [0.05, 0.1) is 0 Å². The third-order valence-corrected chi connectivity index (χ3v) is 3.15. The third kappa shape index (κ3) is 1.42. The molecule has 1 aliphatic rings. The SMILES string of the molecule is CC(C)(O)c1nc2n(c1Br)CCC2. The molecule has 0 atom stereocenters. The molecular formula is C9H13BrN2O. The molecule has 1 aromatic rings. The summed E-state index contributed by atoms with van der Waals surface area (Å²) in [5, 5.41) is 9.82. The lowest BCUT2D eigenvalue weighted by atomic mass is 10.1. The number of hydrogen-bond acceptors (Lipinski definition) is 2. The summed E-state index contributed by atoms with van der Waals surface area (Å²) in [5.74, 6) is 1.09. The van der Waals surface area contributed by atoms with E-state index in [1.807, 2.05) is 0 Å². The van der Waals surface area contributed by atoms with Gasteiger partial charge in [-0.3, -0.25) is 0 Å². The lowest BCUT2D eigenvalue weighted by Crippen LogP contribution is -2.17. The van der Waals surface area contributed by atoms with Crippen LogP contribution in [0.4, 0.5) is 0 Å². The molecule has 0 radical (unpaired) electrons. The van der Waals surface area contributed by atoms with Crippen molar-refractivity contribution in [1.82, 2.24) is 9.55 Å². The topological polar surface area (TPSA) is 38.1 Å². The van der Waals surface area contributed by atoms with Crippen LogP contribution in [0.25, 0.3) is 0 Å². The molecule has 1 N–H and O–H groups in total. The Bertz CT molecular complexity index is 338. The van der Waals surface area contributed by atoms with Gasteiger partial charge >= 0.3 is 0 Å². The van der Waals surface area contributed by atoms with E-state index in [-0.39, 0.29) is 0 Å². The Morgan fingerprint density at radius 1 is 1.54 bits per heavy atom. The summed E-state index contributed by atoms with van der Waals surface area (Å²) in [7, 11) is 0. The Morgan fingerprint density at radius 2 is 2.23 bits per heavy atom. The second kappa shape index (κ2) is 2.82. The molecule has 3 nitrogen and oxygen atoms in total. The number of halogens is 1. The number of rotatable bonds is 1. The lowest BCUT2D eigenvalue weighted by Gasteiger charge is -2.15. The van der Waals surface area contributed by atoms with E-state index in [4.69, 9.17) is 0 Å². The molecule has 1 aromatic heterocycles. The van der Waals surface area contributed by atoms with Gasteiger partial charge in [0.2, 0.25) is 0 Å². The standard InChI is InChI=1S/C9H13BrN2O/c1-9(2,13)7-8(10)12-5-3-4-6(12)11-7/h13H,3-5H2,1-2H3. The second-order valence-corrected chi connectivity index (χ2v) is 4.73. The first-order chi connectivity index (χ1) is 6.00. The van der Waals surface area contributed by atoms with Gasteiger partial charge in [-0.25, -0.2) is 4.98 Å². The van der Waals surface area contributed by atoms with Crippen molar-refractivity contribution in [3.8, 4) is 0 Å². The molecule has 0 aromatic carbocycles. The van der Waals surface area contributed by atoms with E-state index in [9.17, 15) is 5.11 Å². The van der Waals surface area contributed by atoms with E-state index in [2.05, 4.69) is 25.5 Å². The molecule has 0 unspecified atom stereocenters. The fourth-order valence-corrected chi connectivity index (χ4v) is 2.64. The zero-order valence-electron chi connectivity index (χ0n) is 7.84. The van der Waals surface area contributed by atoms with Crippen molar-refractivity contribution >= 4 is 15.9 Å². The Balaban J connectivity index is 2.51. The van der Waals surface area contributed by atoms with Gasteiger partial charge in [0, 0.05) is 13.0 Å². The highest BCUT2D eigenvalue weighted by Crippen LogP contribution is 2.31. The number of aromatic nitrogens is 2. The van der Waals surface area contributed by atoms with Gasteiger partial charge in [0.25, 0.3) is 0 Å². The predicted molar refractivity (Wildman–Crippen MR) is 53.5 cm³/mol. The maximum Gasteiger partial charge on any atom is 0.111 e. The maximum atomic E-state index is 9.82. The van der Waals surface area contributed by atoms with E-state index in [1.165, 1.54) is 0 Å². The number of fused-ring (bicyclic) bond motifs is 1. The molecule has 0 bridgehead atoms. The van der Waals surface area contributed by atoms with Crippen LogP contribution in [0, 0.1) is 0 Å². The predicted octanol–water partition coefficient (Wildman–Crippen LogP) is 1.82. The van der Waals surface area contributed by atoms with Crippen molar-refractivity contribution in [3.63, 3.8) is 0 Å². The second-order valence-electron chi connectivity index (χ2n) is 3.98. The minimum absolute atomic E-state index is 0.752. The van der Waals surface area contributed by atoms with E-state index in [0.29, 0.717) is 0 Å². The minimum Gasteiger partial charge on any atom is -0.384 e. The van der Waals surface area contributed by atoms with Crippen molar-refractivity contribution in [2.75, 3.05) is 0 Å². The molecule has 0 aliphatic carbocycles. The molecule has 0 saturated carbocycles. The third-order valence-electron chi connectivity index (χ3n) is 2.35. The highest BCUT2D eigenvalue weighted by molar-refractivity contribution is 9.10. The lowest BCUT2D eigenvalue weighted by molar-refractivity contribution is 0.0731. The fraction of sp³-hybridized carbons (Fsp3) is 0.667. The first kappa shape index (κ1) is 9.21. The summed E-state index contributed by atoms with van der Waals surface area (Å²) in [5.41, 5.74) is -0.0990. The Kier molecular flexibility index (Phi) is 2.00.